The molecule has 4 aromatic carbocycles. The lowest BCUT2D eigenvalue weighted by atomic mass is 9.98. The summed E-state index contributed by atoms with van der Waals surface area (Å²) in [4.78, 5) is 0. The van der Waals surface area contributed by atoms with Gasteiger partial charge in [-0.2, -0.15) is 0 Å². The average Bonchev–Trinajstić information content (AvgIpc) is 3.09. The van der Waals surface area contributed by atoms with E-state index in [1.807, 2.05) is 12.1 Å². The lowest BCUT2D eigenvalue weighted by molar-refractivity contribution is 0.306. The molecule has 0 bridgehead atoms. The molecular weight excluding hydrogens is 332 g/mol. The van der Waals surface area contributed by atoms with Crippen LogP contribution in [0.15, 0.2) is 71.1 Å². The topological polar surface area (TPSA) is 22.4 Å². The van der Waals surface area contributed by atoms with E-state index in [-0.39, 0.29) is 0 Å². The Morgan fingerprint density at radius 2 is 1.59 bits per heavy atom. The van der Waals surface area contributed by atoms with Crippen molar-refractivity contribution in [1.82, 2.24) is 0 Å². The Hall–Kier alpha value is -3.00. The molecule has 5 aromatic rings. The SMILES string of the molecule is CCCCCOc1ccc2c(ccc3c2ccc2oc4ccccc4c23)c1. The van der Waals surface area contributed by atoms with Gasteiger partial charge < -0.3 is 9.15 Å². The summed E-state index contributed by atoms with van der Waals surface area (Å²) in [6, 6.07) is 23.3. The van der Waals surface area contributed by atoms with Crippen LogP contribution in [-0.4, -0.2) is 6.61 Å². The van der Waals surface area contributed by atoms with E-state index in [0.717, 1.165) is 29.9 Å². The Balaban J connectivity index is 1.65. The first-order chi connectivity index (χ1) is 13.3. The van der Waals surface area contributed by atoms with Crippen LogP contribution >= 0.6 is 0 Å². The van der Waals surface area contributed by atoms with E-state index in [1.54, 1.807) is 0 Å². The minimum Gasteiger partial charge on any atom is -0.494 e. The van der Waals surface area contributed by atoms with Crippen molar-refractivity contribution in [2.45, 2.75) is 26.2 Å². The fraction of sp³-hybridized carbons (Fsp3) is 0.200. The van der Waals surface area contributed by atoms with Gasteiger partial charge >= 0.3 is 0 Å². The number of benzene rings is 4. The maximum Gasteiger partial charge on any atom is 0.136 e. The van der Waals surface area contributed by atoms with Gasteiger partial charge in [-0.15, -0.1) is 0 Å². The van der Waals surface area contributed by atoms with E-state index in [4.69, 9.17) is 9.15 Å². The molecule has 2 heteroatoms. The van der Waals surface area contributed by atoms with Crippen LogP contribution in [0.25, 0.3) is 43.5 Å². The average molecular weight is 354 g/mol. The van der Waals surface area contributed by atoms with Crippen molar-refractivity contribution >= 4 is 43.5 Å². The molecule has 2 nitrogen and oxygen atoms in total. The molecule has 0 spiro atoms. The van der Waals surface area contributed by atoms with Crippen LogP contribution < -0.4 is 4.74 Å². The first-order valence-electron chi connectivity index (χ1n) is 9.74. The van der Waals surface area contributed by atoms with Gasteiger partial charge in [0.15, 0.2) is 0 Å². The smallest absolute Gasteiger partial charge is 0.136 e. The highest BCUT2D eigenvalue weighted by molar-refractivity contribution is 6.23. The molecule has 27 heavy (non-hydrogen) atoms. The number of unbranched alkanes of at least 4 members (excludes halogenated alkanes) is 2. The van der Waals surface area contributed by atoms with E-state index in [1.165, 1.54) is 45.2 Å². The lowest BCUT2D eigenvalue weighted by Crippen LogP contribution is -1.96. The third-order valence-corrected chi connectivity index (χ3v) is 5.34. The number of hydrogen-bond donors (Lipinski definition) is 0. The molecular formula is C25H22O2. The summed E-state index contributed by atoms with van der Waals surface area (Å²) in [6.07, 6.45) is 3.54. The number of hydrogen-bond acceptors (Lipinski definition) is 2. The number of fused-ring (bicyclic) bond motifs is 7. The summed E-state index contributed by atoms with van der Waals surface area (Å²) in [5.74, 6) is 0.952. The molecule has 0 saturated carbocycles. The molecule has 0 fully saturated rings. The summed E-state index contributed by atoms with van der Waals surface area (Å²) in [6.45, 7) is 3.00. The highest BCUT2D eigenvalue weighted by atomic mass is 16.5. The number of ether oxygens (including phenoxy) is 1. The first-order valence-corrected chi connectivity index (χ1v) is 9.74. The van der Waals surface area contributed by atoms with Crippen molar-refractivity contribution in [3.63, 3.8) is 0 Å². The Kier molecular flexibility index (Phi) is 3.97. The monoisotopic (exact) mass is 354 g/mol. The summed E-state index contributed by atoms with van der Waals surface area (Å²) in [7, 11) is 0. The molecule has 0 N–H and O–H groups in total. The minimum atomic E-state index is 0.786. The van der Waals surface area contributed by atoms with E-state index in [2.05, 4.69) is 61.5 Å². The van der Waals surface area contributed by atoms with E-state index < -0.39 is 0 Å². The van der Waals surface area contributed by atoms with Crippen molar-refractivity contribution in [2.24, 2.45) is 0 Å². The quantitative estimate of drug-likeness (QED) is 0.241. The molecule has 0 saturated heterocycles. The second-order valence-corrected chi connectivity index (χ2v) is 7.14. The van der Waals surface area contributed by atoms with Crippen molar-refractivity contribution in [2.75, 3.05) is 6.61 Å². The fourth-order valence-corrected chi connectivity index (χ4v) is 3.98. The van der Waals surface area contributed by atoms with Gasteiger partial charge in [-0.25, -0.2) is 0 Å². The third kappa shape index (κ3) is 2.73. The lowest BCUT2D eigenvalue weighted by Gasteiger charge is -2.09. The van der Waals surface area contributed by atoms with Crippen LogP contribution in [0.5, 0.6) is 5.75 Å². The van der Waals surface area contributed by atoms with Gasteiger partial charge in [0.1, 0.15) is 16.9 Å². The summed E-state index contributed by atoms with van der Waals surface area (Å²) in [5, 5.41) is 7.33. The zero-order chi connectivity index (χ0) is 18.2. The predicted octanol–water partition coefficient (Wildman–Crippen LogP) is 7.46. The van der Waals surface area contributed by atoms with Gasteiger partial charge in [0.25, 0.3) is 0 Å². The van der Waals surface area contributed by atoms with Gasteiger partial charge in [-0.3, -0.25) is 0 Å². The maximum atomic E-state index is 6.04. The molecule has 1 aromatic heterocycles. The molecule has 0 aliphatic carbocycles. The maximum absolute atomic E-state index is 6.04. The molecule has 5 rings (SSSR count). The van der Waals surface area contributed by atoms with Gasteiger partial charge in [0.2, 0.25) is 0 Å². The van der Waals surface area contributed by atoms with Gasteiger partial charge in [-0.1, -0.05) is 62.2 Å². The van der Waals surface area contributed by atoms with Crippen molar-refractivity contribution in [1.29, 1.82) is 0 Å². The minimum absolute atomic E-state index is 0.786. The van der Waals surface area contributed by atoms with Crippen molar-refractivity contribution in [3.8, 4) is 5.75 Å². The van der Waals surface area contributed by atoms with Gasteiger partial charge in [-0.05, 0) is 52.2 Å². The van der Waals surface area contributed by atoms with E-state index in [9.17, 15) is 0 Å². The first kappa shape index (κ1) is 16.2. The molecule has 0 unspecified atom stereocenters. The Morgan fingerprint density at radius 1 is 0.741 bits per heavy atom. The van der Waals surface area contributed by atoms with Crippen LogP contribution in [0.3, 0.4) is 0 Å². The van der Waals surface area contributed by atoms with E-state index in [0.29, 0.717) is 0 Å². The third-order valence-electron chi connectivity index (χ3n) is 5.34. The number of para-hydroxylation sites is 1. The van der Waals surface area contributed by atoms with Gasteiger partial charge in [0, 0.05) is 10.8 Å². The largest absolute Gasteiger partial charge is 0.494 e. The van der Waals surface area contributed by atoms with Gasteiger partial charge in [0.05, 0.1) is 6.61 Å². The Morgan fingerprint density at radius 3 is 2.52 bits per heavy atom. The van der Waals surface area contributed by atoms with Crippen LogP contribution in [0.2, 0.25) is 0 Å². The van der Waals surface area contributed by atoms with Crippen LogP contribution in [0.1, 0.15) is 26.2 Å². The fourth-order valence-electron chi connectivity index (χ4n) is 3.98. The molecule has 0 radical (unpaired) electrons. The highest BCUT2D eigenvalue weighted by Gasteiger charge is 2.11. The second-order valence-electron chi connectivity index (χ2n) is 7.14. The van der Waals surface area contributed by atoms with E-state index >= 15 is 0 Å². The molecule has 0 aliphatic rings. The zero-order valence-corrected chi connectivity index (χ0v) is 15.5. The standard InChI is InChI=1S/C25H22O2/c1-2-3-6-15-26-18-10-12-19-17(16-18)9-11-21-20(19)13-14-24-25(21)22-7-4-5-8-23(22)27-24/h4-5,7-14,16H,2-3,6,15H2,1H3. The normalized spacial score (nSPS) is 11.7. The molecule has 134 valence electrons. The van der Waals surface area contributed by atoms with Crippen molar-refractivity contribution in [3.05, 3.63) is 66.7 Å². The highest BCUT2D eigenvalue weighted by Crippen LogP contribution is 2.37. The molecule has 0 amide bonds. The Labute approximate surface area is 158 Å². The Bertz CT molecular complexity index is 1260. The van der Waals surface area contributed by atoms with Crippen molar-refractivity contribution < 1.29 is 9.15 Å². The zero-order valence-electron chi connectivity index (χ0n) is 15.5. The summed E-state index contributed by atoms with van der Waals surface area (Å²) < 4.78 is 12.0. The number of rotatable bonds is 5. The second kappa shape index (κ2) is 6.62. The molecule has 0 aliphatic heterocycles. The number of furan rings is 1. The molecule has 1 heterocycles. The van der Waals surface area contributed by atoms with Crippen LogP contribution in [0, 0.1) is 0 Å². The molecule has 0 atom stereocenters. The summed E-state index contributed by atoms with van der Waals surface area (Å²) >= 11 is 0. The van der Waals surface area contributed by atoms with Crippen LogP contribution in [0.4, 0.5) is 0 Å². The predicted molar refractivity (Wildman–Crippen MR) is 114 cm³/mol. The summed E-state index contributed by atoms with van der Waals surface area (Å²) in [5.41, 5.74) is 1.88. The van der Waals surface area contributed by atoms with Crippen LogP contribution in [-0.2, 0) is 0 Å².